The molecule has 0 aromatic heterocycles. The Bertz CT molecular complexity index is 1320. The van der Waals surface area contributed by atoms with Gasteiger partial charge in [-0.15, -0.1) is 0 Å². The molecule has 0 aliphatic carbocycles. The molecular formula is C61H116N2O6P+. The molecule has 70 heavy (non-hydrogen) atoms. The Morgan fingerprint density at radius 2 is 0.829 bits per heavy atom. The highest BCUT2D eigenvalue weighted by Gasteiger charge is 2.27. The molecule has 0 bridgehead atoms. The molecule has 410 valence electrons. The second kappa shape index (κ2) is 52.1. The number of quaternary nitrogens is 1. The van der Waals surface area contributed by atoms with E-state index in [0.717, 1.165) is 51.4 Å². The first kappa shape index (κ1) is 68.2. The second-order valence-electron chi connectivity index (χ2n) is 21.3. The van der Waals surface area contributed by atoms with Gasteiger partial charge in [0.1, 0.15) is 13.2 Å². The van der Waals surface area contributed by atoms with Crippen LogP contribution < -0.4 is 5.32 Å². The van der Waals surface area contributed by atoms with Crippen molar-refractivity contribution in [1.82, 2.24) is 5.32 Å². The van der Waals surface area contributed by atoms with Gasteiger partial charge in [0, 0.05) is 6.42 Å². The average Bonchev–Trinajstić information content (AvgIpc) is 3.32. The largest absolute Gasteiger partial charge is 0.472 e. The minimum atomic E-state index is -4.36. The highest BCUT2D eigenvalue weighted by atomic mass is 31.2. The average molecular weight is 1000 g/mol. The van der Waals surface area contributed by atoms with E-state index in [2.05, 4.69) is 67.8 Å². The van der Waals surface area contributed by atoms with Gasteiger partial charge < -0.3 is 19.8 Å². The molecule has 0 saturated carbocycles. The van der Waals surface area contributed by atoms with Gasteiger partial charge in [-0.1, -0.05) is 248 Å². The van der Waals surface area contributed by atoms with Gasteiger partial charge in [0.15, 0.2) is 0 Å². The molecular weight excluding hydrogens is 888 g/mol. The Morgan fingerprint density at radius 3 is 1.23 bits per heavy atom. The van der Waals surface area contributed by atoms with Gasteiger partial charge in [0.2, 0.25) is 5.91 Å². The maximum atomic E-state index is 13.0. The van der Waals surface area contributed by atoms with Crippen molar-refractivity contribution >= 4 is 13.7 Å². The predicted molar refractivity (Wildman–Crippen MR) is 304 cm³/mol. The summed E-state index contributed by atoms with van der Waals surface area (Å²) in [5.74, 6) is -0.190. The molecule has 0 aromatic rings. The van der Waals surface area contributed by atoms with Crippen molar-refractivity contribution in [3.63, 3.8) is 0 Å². The van der Waals surface area contributed by atoms with Crippen molar-refractivity contribution in [3.05, 3.63) is 60.8 Å². The molecule has 0 rings (SSSR count). The fourth-order valence-corrected chi connectivity index (χ4v) is 9.25. The monoisotopic (exact) mass is 1000 g/mol. The van der Waals surface area contributed by atoms with Gasteiger partial charge in [-0.3, -0.25) is 13.8 Å². The number of amides is 1. The fraction of sp³-hybridized carbons (Fsp3) is 0.820. The van der Waals surface area contributed by atoms with Crippen LogP contribution in [0.25, 0.3) is 0 Å². The summed E-state index contributed by atoms with van der Waals surface area (Å²) in [4.78, 5) is 23.3. The van der Waals surface area contributed by atoms with Crippen molar-refractivity contribution < 1.29 is 32.9 Å². The molecule has 1 amide bonds. The number of hydrogen-bond acceptors (Lipinski definition) is 5. The highest BCUT2D eigenvalue weighted by molar-refractivity contribution is 7.47. The van der Waals surface area contributed by atoms with Crippen LogP contribution in [0.3, 0.4) is 0 Å². The zero-order valence-corrected chi connectivity index (χ0v) is 47.7. The first-order valence-corrected chi connectivity index (χ1v) is 31.2. The summed E-state index contributed by atoms with van der Waals surface area (Å²) in [6.45, 7) is 4.80. The summed E-state index contributed by atoms with van der Waals surface area (Å²) in [6, 6.07) is -0.872. The molecule has 3 unspecified atom stereocenters. The van der Waals surface area contributed by atoms with Crippen LogP contribution in [-0.4, -0.2) is 73.4 Å². The van der Waals surface area contributed by atoms with Crippen molar-refractivity contribution in [2.24, 2.45) is 0 Å². The Balaban J connectivity index is 4.23. The van der Waals surface area contributed by atoms with Gasteiger partial charge in [0.25, 0.3) is 0 Å². The molecule has 0 aliphatic heterocycles. The minimum absolute atomic E-state index is 0.0526. The quantitative estimate of drug-likeness (QED) is 0.0243. The number of aliphatic hydroxyl groups excluding tert-OH is 1. The van der Waals surface area contributed by atoms with Crippen LogP contribution in [0.4, 0.5) is 0 Å². The molecule has 0 heterocycles. The van der Waals surface area contributed by atoms with E-state index in [1.807, 2.05) is 27.2 Å². The van der Waals surface area contributed by atoms with Gasteiger partial charge in [-0.25, -0.2) is 4.57 Å². The first-order chi connectivity index (χ1) is 34.0. The van der Waals surface area contributed by atoms with Crippen molar-refractivity contribution in [2.45, 2.75) is 283 Å². The van der Waals surface area contributed by atoms with Gasteiger partial charge in [-0.2, -0.15) is 0 Å². The molecule has 0 aromatic carbocycles. The molecule has 0 radical (unpaired) electrons. The molecule has 3 N–H and O–H groups in total. The summed E-state index contributed by atoms with van der Waals surface area (Å²) in [6.07, 6.45) is 70.4. The number of phosphoric ester groups is 1. The summed E-state index contributed by atoms with van der Waals surface area (Å²) in [5.41, 5.74) is 0. The minimum Gasteiger partial charge on any atom is -0.387 e. The maximum Gasteiger partial charge on any atom is 0.472 e. The van der Waals surface area contributed by atoms with E-state index in [4.69, 9.17) is 9.05 Å². The fourth-order valence-electron chi connectivity index (χ4n) is 8.52. The second-order valence-corrected chi connectivity index (χ2v) is 22.8. The lowest BCUT2D eigenvalue weighted by atomic mass is 10.0. The first-order valence-electron chi connectivity index (χ1n) is 29.7. The van der Waals surface area contributed by atoms with E-state index >= 15 is 0 Å². The van der Waals surface area contributed by atoms with Crippen molar-refractivity contribution in [3.8, 4) is 0 Å². The number of allylic oxidation sites excluding steroid dienone is 9. The summed E-state index contributed by atoms with van der Waals surface area (Å²) < 4.78 is 23.7. The Kier molecular flexibility index (Phi) is 50.7. The number of unbranched alkanes of at least 4 members (excludes halogenated alkanes) is 33. The number of carbonyl (C=O) groups is 1. The zero-order chi connectivity index (χ0) is 51.3. The van der Waals surface area contributed by atoms with Crippen LogP contribution >= 0.6 is 7.82 Å². The van der Waals surface area contributed by atoms with E-state index in [9.17, 15) is 19.4 Å². The molecule has 8 nitrogen and oxygen atoms in total. The summed E-state index contributed by atoms with van der Waals surface area (Å²) in [7, 11) is 1.55. The van der Waals surface area contributed by atoms with Gasteiger partial charge in [-0.05, 0) is 77.0 Å². The normalized spacial score (nSPS) is 14.3. The molecule has 9 heteroatoms. The standard InChI is InChI=1S/C61H115N2O6P/c1-6-8-10-12-14-16-18-20-22-24-26-28-29-30-31-32-33-35-37-39-41-43-45-47-49-51-53-55-61(65)62-59(58-69-70(66,67)68-57-56-63(3,4)5)60(64)54-52-50-48-46-44-42-40-38-36-34-27-25-23-21-19-17-15-13-11-9-7-2/h18,20,24,26,36,38,44,46,52,54,59-60,64H,6-17,19,21-23,25,27-35,37,39-43,45,47-51,53,55-58H2,1-5H3,(H-,62,65,66,67)/p+1/b20-18-,26-24-,38-36+,46-44+,54-52+. The van der Waals surface area contributed by atoms with Crippen LogP contribution in [-0.2, 0) is 18.4 Å². The lowest BCUT2D eigenvalue weighted by Gasteiger charge is -2.25. The maximum absolute atomic E-state index is 13.0. The SMILES string of the molecule is CCCCCCC/C=C\C/C=C\CCCCCCCCCCCCCCCCCC(=O)NC(COP(=O)(O)OCC[N+](C)(C)C)C(O)/C=C/CC/C=C/CC/C=C/CCCCCCCCCCCCC. The smallest absolute Gasteiger partial charge is 0.387 e. The highest BCUT2D eigenvalue weighted by Crippen LogP contribution is 2.43. The zero-order valence-electron chi connectivity index (χ0n) is 46.8. The van der Waals surface area contributed by atoms with Gasteiger partial charge >= 0.3 is 7.82 Å². The molecule has 0 aliphatic rings. The van der Waals surface area contributed by atoms with Crippen LogP contribution in [0.5, 0.6) is 0 Å². The van der Waals surface area contributed by atoms with Crippen LogP contribution in [0.15, 0.2) is 60.8 Å². The Hall–Kier alpha value is -1.80. The number of phosphoric acid groups is 1. The summed E-state index contributed by atoms with van der Waals surface area (Å²) >= 11 is 0. The molecule has 0 saturated heterocycles. The van der Waals surface area contributed by atoms with Gasteiger partial charge in [0.05, 0.1) is 39.9 Å². The van der Waals surface area contributed by atoms with Crippen LogP contribution in [0.2, 0.25) is 0 Å². The molecule has 3 atom stereocenters. The molecule has 0 spiro atoms. The number of nitrogens with zero attached hydrogens (tertiary/aromatic N) is 1. The van der Waals surface area contributed by atoms with Crippen molar-refractivity contribution in [2.75, 3.05) is 40.9 Å². The topological polar surface area (TPSA) is 105 Å². The van der Waals surface area contributed by atoms with Crippen LogP contribution in [0, 0.1) is 0 Å². The third kappa shape index (κ3) is 54.0. The number of nitrogens with one attached hydrogen (secondary N) is 1. The number of likely N-dealkylation sites (N-methyl/N-ethyl adjacent to an activating group) is 1. The van der Waals surface area contributed by atoms with Crippen LogP contribution in [0.1, 0.15) is 271 Å². The third-order valence-corrected chi connectivity index (χ3v) is 14.2. The lowest BCUT2D eigenvalue weighted by Crippen LogP contribution is -2.45. The van der Waals surface area contributed by atoms with Crippen molar-refractivity contribution in [1.29, 1.82) is 0 Å². The van der Waals surface area contributed by atoms with E-state index in [-0.39, 0.29) is 19.1 Å². The number of rotatable bonds is 54. The number of aliphatic hydroxyl groups is 1. The van der Waals surface area contributed by atoms with E-state index in [1.54, 1.807) is 6.08 Å². The van der Waals surface area contributed by atoms with E-state index in [0.29, 0.717) is 17.4 Å². The van der Waals surface area contributed by atoms with E-state index < -0.39 is 20.0 Å². The predicted octanol–water partition coefficient (Wildman–Crippen LogP) is 18.1. The third-order valence-electron chi connectivity index (χ3n) is 13.2. The Morgan fingerprint density at radius 1 is 0.486 bits per heavy atom. The number of hydrogen-bond donors (Lipinski definition) is 3. The molecule has 0 fully saturated rings. The Labute approximate surface area is 434 Å². The summed E-state index contributed by atoms with van der Waals surface area (Å²) in [5, 5.41) is 13.9. The van der Waals surface area contributed by atoms with E-state index in [1.165, 1.54) is 199 Å². The number of carbonyl (C=O) groups excluding carboxylic acids is 1. The lowest BCUT2D eigenvalue weighted by molar-refractivity contribution is -0.870.